The standard InChI is InChI=1S/C30H18ClFN4O3S/c31-20-12-8-18(9-13-20)25-16-24(36-39-25)28(38)35-30-33-26(19-10-14-21(32)15-11-19)29(40-30)34-27(37)23-7-3-5-17-4-1-2-6-22(17)23/h1-16H,(H,34,37)(H,33,35,38). The monoisotopic (exact) mass is 568 g/mol. The zero-order chi connectivity index (χ0) is 27.6. The summed E-state index contributed by atoms with van der Waals surface area (Å²) in [5, 5.41) is 12.4. The van der Waals surface area contributed by atoms with E-state index < -0.39 is 11.7 Å². The Morgan fingerprint density at radius 1 is 0.825 bits per heavy atom. The van der Waals surface area contributed by atoms with Gasteiger partial charge >= 0.3 is 0 Å². The molecule has 0 saturated carbocycles. The van der Waals surface area contributed by atoms with Gasteiger partial charge in [-0.1, -0.05) is 64.5 Å². The van der Waals surface area contributed by atoms with E-state index >= 15 is 0 Å². The number of nitrogens with one attached hydrogen (secondary N) is 2. The van der Waals surface area contributed by atoms with E-state index in [4.69, 9.17) is 16.1 Å². The van der Waals surface area contributed by atoms with Crippen LogP contribution in [-0.4, -0.2) is 22.0 Å². The first kappa shape index (κ1) is 25.4. The van der Waals surface area contributed by atoms with Crippen LogP contribution >= 0.6 is 22.9 Å². The molecule has 0 aliphatic rings. The van der Waals surface area contributed by atoms with Crippen molar-refractivity contribution in [2.75, 3.05) is 10.6 Å². The molecule has 0 aliphatic heterocycles. The van der Waals surface area contributed by atoms with E-state index in [9.17, 15) is 14.0 Å². The molecule has 0 radical (unpaired) electrons. The molecule has 0 unspecified atom stereocenters. The number of anilines is 2. The fourth-order valence-corrected chi connectivity index (χ4v) is 5.15. The number of hydrogen-bond donors (Lipinski definition) is 2. The van der Waals surface area contributed by atoms with Gasteiger partial charge < -0.3 is 9.84 Å². The highest BCUT2D eigenvalue weighted by molar-refractivity contribution is 7.20. The fourth-order valence-electron chi connectivity index (χ4n) is 4.15. The molecule has 4 aromatic carbocycles. The van der Waals surface area contributed by atoms with Crippen molar-refractivity contribution in [3.05, 3.63) is 119 Å². The molecule has 2 amide bonds. The number of carbonyl (C=O) groups is 2. The van der Waals surface area contributed by atoms with Crippen LogP contribution in [0.3, 0.4) is 0 Å². The zero-order valence-corrected chi connectivity index (χ0v) is 22.1. The molecule has 6 rings (SSSR count). The van der Waals surface area contributed by atoms with Crippen molar-refractivity contribution in [3.63, 3.8) is 0 Å². The van der Waals surface area contributed by atoms with E-state index in [0.717, 1.165) is 22.1 Å². The third-order valence-corrected chi connectivity index (χ3v) is 7.24. The first-order chi connectivity index (χ1) is 19.4. The van der Waals surface area contributed by atoms with Crippen LogP contribution in [0.15, 0.2) is 102 Å². The summed E-state index contributed by atoms with van der Waals surface area (Å²) in [5.74, 6) is -0.895. The van der Waals surface area contributed by atoms with E-state index in [0.29, 0.717) is 38.2 Å². The van der Waals surface area contributed by atoms with E-state index in [-0.39, 0.29) is 16.7 Å². The van der Waals surface area contributed by atoms with Crippen molar-refractivity contribution in [2.24, 2.45) is 0 Å². The summed E-state index contributed by atoms with van der Waals surface area (Å²) in [6, 6.07) is 27.2. The minimum Gasteiger partial charge on any atom is -0.355 e. The molecule has 2 N–H and O–H groups in total. The van der Waals surface area contributed by atoms with Crippen LogP contribution < -0.4 is 10.6 Å². The minimum atomic E-state index is -0.546. The fraction of sp³-hybridized carbons (Fsp3) is 0. The minimum absolute atomic E-state index is 0.0461. The van der Waals surface area contributed by atoms with Crippen molar-refractivity contribution >= 4 is 55.7 Å². The summed E-state index contributed by atoms with van der Waals surface area (Å²) in [5.41, 5.74) is 2.19. The van der Waals surface area contributed by atoms with Crippen molar-refractivity contribution < 1.29 is 18.5 Å². The second kappa shape index (κ2) is 10.7. The molecule has 0 spiro atoms. The molecule has 2 heterocycles. The maximum absolute atomic E-state index is 13.6. The number of hydrogen-bond acceptors (Lipinski definition) is 6. The molecule has 0 saturated heterocycles. The Bertz CT molecular complexity index is 1860. The van der Waals surface area contributed by atoms with Crippen LogP contribution in [-0.2, 0) is 0 Å². The van der Waals surface area contributed by atoms with Crippen LogP contribution in [0.1, 0.15) is 20.8 Å². The molecule has 0 fully saturated rings. The van der Waals surface area contributed by atoms with Crippen LogP contribution in [0, 0.1) is 5.82 Å². The molecule has 0 aliphatic carbocycles. The molecule has 0 bridgehead atoms. The Morgan fingerprint density at radius 2 is 1.55 bits per heavy atom. The number of halogens is 2. The van der Waals surface area contributed by atoms with E-state index in [1.54, 1.807) is 42.5 Å². The lowest BCUT2D eigenvalue weighted by Crippen LogP contribution is -2.12. The van der Waals surface area contributed by atoms with E-state index in [2.05, 4.69) is 20.8 Å². The molecule has 7 nitrogen and oxygen atoms in total. The Kier molecular flexibility index (Phi) is 6.81. The Balaban J connectivity index is 1.29. The Morgan fingerprint density at radius 3 is 2.35 bits per heavy atom. The first-order valence-electron chi connectivity index (χ1n) is 12.0. The topological polar surface area (TPSA) is 97.1 Å². The van der Waals surface area contributed by atoms with Gasteiger partial charge in [-0.15, -0.1) is 0 Å². The third-order valence-electron chi connectivity index (χ3n) is 6.10. The van der Waals surface area contributed by atoms with Gasteiger partial charge in [0.15, 0.2) is 16.6 Å². The highest BCUT2D eigenvalue weighted by Crippen LogP contribution is 2.37. The summed E-state index contributed by atoms with van der Waals surface area (Å²) in [7, 11) is 0. The summed E-state index contributed by atoms with van der Waals surface area (Å²) in [4.78, 5) is 30.9. The lowest BCUT2D eigenvalue weighted by atomic mass is 10.0. The van der Waals surface area contributed by atoms with Gasteiger partial charge in [-0.25, -0.2) is 9.37 Å². The molecule has 196 valence electrons. The van der Waals surface area contributed by atoms with Gasteiger partial charge in [-0.2, -0.15) is 0 Å². The number of nitrogens with zero attached hydrogens (tertiary/aromatic N) is 2. The van der Waals surface area contributed by atoms with Gasteiger partial charge in [0.05, 0.1) is 0 Å². The quantitative estimate of drug-likeness (QED) is 0.213. The maximum Gasteiger partial charge on any atom is 0.279 e. The lowest BCUT2D eigenvalue weighted by molar-refractivity contribution is 0.101. The number of amides is 2. The second-order valence-corrected chi connectivity index (χ2v) is 10.2. The smallest absolute Gasteiger partial charge is 0.279 e. The third kappa shape index (κ3) is 5.20. The average Bonchev–Trinajstić information content (AvgIpc) is 3.61. The van der Waals surface area contributed by atoms with Gasteiger partial charge in [-0.3, -0.25) is 14.9 Å². The number of rotatable bonds is 6. The van der Waals surface area contributed by atoms with Crippen molar-refractivity contribution in [3.8, 4) is 22.6 Å². The van der Waals surface area contributed by atoms with E-state index in [1.165, 1.54) is 18.2 Å². The molecular weight excluding hydrogens is 551 g/mol. The first-order valence-corrected chi connectivity index (χ1v) is 13.2. The van der Waals surface area contributed by atoms with Gasteiger partial charge in [0.1, 0.15) is 16.5 Å². The average molecular weight is 569 g/mol. The predicted octanol–water partition coefficient (Wildman–Crippen LogP) is 7.92. The van der Waals surface area contributed by atoms with Gasteiger partial charge in [0.25, 0.3) is 11.8 Å². The normalized spacial score (nSPS) is 10.9. The van der Waals surface area contributed by atoms with Crippen molar-refractivity contribution in [2.45, 2.75) is 0 Å². The molecule has 10 heteroatoms. The number of thiazole rings is 1. The van der Waals surface area contributed by atoms with Crippen LogP contribution in [0.5, 0.6) is 0 Å². The van der Waals surface area contributed by atoms with Gasteiger partial charge in [-0.05, 0) is 65.4 Å². The van der Waals surface area contributed by atoms with E-state index in [1.807, 2.05) is 36.4 Å². The van der Waals surface area contributed by atoms with Gasteiger partial charge in [0.2, 0.25) is 0 Å². The summed E-state index contributed by atoms with van der Waals surface area (Å²) < 4.78 is 19.0. The molecule has 40 heavy (non-hydrogen) atoms. The highest BCUT2D eigenvalue weighted by Gasteiger charge is 2.21. The molecule has 6 aromatic rings. The van der Waals surface area contributed by atoms with Crippen LogP contribution in [0.2, 0.25) is 5.02 Å². The van der Waals surface area contributed by atoms with Gasteiger partial charge in [0, 0.05) is 27.8 Å². The molecule has 2 aromatic heterocycles. The number of carbonyl (C=O) groups excluding carboxylic acids is 2. The zero-order valence-electron chi connectivity index (χ0n) is 20.5. The molecular formula is C30H18ClFN4O3S. The molecule has 0 atom stereocenters. The SMILES string of the molecule is O=C(Nc1nc(-c2ccc(F)cc2)c(NC(=O)c2cccc3ccccc23)s1)c1cc(-c2ccc(Cl)cc2)on1. The van der Waals surface area contributed by atoms with Crippen molar-refractivity contribution in [1.82, 2.24) is 10.1 Å². The van der Waals surface area contributed by atoms with Crippen LogP contribution in [0.25, 0.3) is 33.4 Å². The highest BCUT2D eigenvalue weighted by atomic mass is 35.5. The Hall–Kier alpha value is -4.86. The summed E-state index contributed by atoms with van der Waals surface area (Å²) in [6.45, 7) is 0. The number of aromatic nitrogens is 2. The number of benzene rings is 4. The maximum atomic E-state index is 13.6. The summed E-state index contributed by atoms with van der Waals surface area (Å²) >= 11 is 7.02. The largest absolute Gasteiger partial charge is 0.355 e. The Labute approximate surface area is 236 Å². The lowest BCUT2D eigenvalue weighted by Gasteiger charge is -2.08. The predicted molar refractivity (Wildman–Crippen MR) is 154 cm³/mol. The summed E-state index contributed by atoms with van der Waals surface area (Å²) in [6.07, 6.45) is 0. The van der Waals surface area contributed by atoms with Crippen LogP contribution in [0.4, 0.5) is 14.5 Å². The van der Waals surface area contributed by atoms with Crippen molar-refractivity contribution in [1.29, 1.82) is 0 Å². The number of fused-ring (bicyclic) bond motifs is 1. The second-order valence-electron chi connectivity index (χ2n) is 8.72.